The number of carbonyl (C=O) groups excluding carboxylic acids is 2. The van der Waals surface area contributed by atoms with Gasteiger partial charge in [-0.05, 0) is 36.6 Å². The smallest absolute Gasteiger partial charge is 0.326 e. The number of aliphatic imine (C=N–C) groups is 1. The number of rotatable bonds is 6. The molecule has 3 aromatic rings. The van der Waals surface area contributed by atoms with Crippen molar-refractivity contribution in [2.75, 3.05) is 31.1 Å². The lowest BCUT2D eigenvalue weighted by molar-refractivity contribution is -0.127. The Balaban J connectivity index is 1.21. The number of amides is 3. The first kappa shape index (κ1) is 22.3. The highest BCUT2D eigenvalue weighted by Crippen LogP contribution is 2.36. The zero-order valence-electron chi connectivity index (χ0n) is 20.6. The van der Waals surface area contributed by atoms with Gasteiger partial charge in [-0.25, -0.2) is 14.8 Å². The highest BCUT2D eigenvalue weighted by atomic mass is 16.2. The number of hydrogen-bond acceptors (Lipinski definition) is 7. The van der Waals surface area contributed by atoms with Gasteiger partial charge in [0.2, 0.25) is 0 Å². The van der Waals surface area contributed by atoms with Crippen molar-refractivity contribution >= 4 is 34.5 Å². The van der Waals surface area contributed by atoms with Crippen molar-refractivity contribution in [2.45, 2.75) is 44.1 Å². The predicted molar refractivity (Wildman–Crippen MR) is 140 cm³/mol. The summed E-state index contributed by atoms with van der Waals surface area (Å²) >= 11 is 0. The molecule has 4 aliphatic rings. The normalized spacial score (nSPS) is 23.9. The van der Waals surface area contributed by atoms with Gasteiger partial charge in [-0.2, -0.15) is 0 Å². The lowest BCUT2D eigenvalue weighted by Gasteiger charge is -2.38. The molecule has 7 rings (SSSR count). The summed E-state index contributed by atoms with van der Waals surface area (Å²) in [5, 5.41) is 5.98. The van der Waals surface area contributed by atoms with E-state index in [1.165, 1.54) is 5.69 Å². The van der Waals surface area contributed by atoms with Crippen LogP contribution in [-0.4, -0.2) is 82.0 Å². The molecule has 10 nitrogen and oxygen atoms in total. The monoisotopic (exact) mass is 498 g/mol. The summed E-state index contributed by atoms with van der Waals surface area (Å²) in [5.41, 5.74) is 4.18. The number of piperazine rings is 1. The molecule has 1 aromatic heterocycles. The average molecular weight is 499 g/mol. The number of amidine groups is 1. The van der Waals surface area contributed by atoms with E-state index in [-0.39, 0.29) is 18.0 Å². The van der Waals surface area contributed by atoms with Crippen LogP contribution in [0.1, 0.15) is 24.2 Å². The minimum absolute atomic E-state index is 0.150. The summed E-state index contributed by atoms with van der Waals surface area (Å²) in [6.45, 7) is 4.48. The first-order valence-corrected chi connectivity index (χ1v) is 13.1. The van der Waals surface area contributed by atoms with Gasteiger partial charge in [-0.1, -0.05) is 30.3 Å². The molecule has 3 amide bonds. The third-order valence-corrected chi connectivity index (χ3v) is 7.71. The number of anilines is 1. The van der Waals surface area contributed by atoms with Crippen LogP contribution in [0.15, 0.2) is 53.5 Å². The third-order valence-electron chi connectivity index (χ3n) is 7.71. The maximum atomic E-state index is 13.1. The SMILES string of the molecule is O=C1NC(=O)N(C2CC2)C2N=C(Cc3nc4ccc(N5CCNCC5)cc4[nH]3)N(Cc3ccccc3)C12. The second kappa shape index (κ2) is 8.88. The molecule has 3 N–H and O–H groups in total. The van der Waals surface area contributed by atoms with Gasteiger partial charge in [0.05, 0.1) is 17.5 Å². The summed E-state index contributed by atoms with van der Waals surface area (Å²) in [5.74, 6) is 1.29. The Kier molecular flexibility index (Phi) is 5.35. The molecule has 3 fully saturated rings. The molecule has 1 aliphatic carbocycles. The molecule has 37 heavy (non-hydrogen) atoms. The van der Waals surface area contributed by atoms with E-state index in [0.29, 0.717) is 13.0 Å². The molecule has 0 bridgehead atoms. The van der Waals surface area contributed by atoms with Crippen LogP contribution in [0.5, 0.6) is 0 Å². The van der Waals surface area contributed by atoms with Crippen molar-refractivity contribution in [2.24, 2.45) is 4.99 Å². The number of fused-ring (bicyclic) bond motifs is 2. The predicted octanol–water partition coefficient (Wildman–Crippen LogP) is 1.84. The van der Waals surface area contributed by atoms with Crippen molar-refractivity contribution in [3.05, 3.63) is 59.9 Å². The van der Waals surface area contributed by atoms with Crippen molar-refractivity contribution < 1.29 is 9.59 Å². The quantitative estimate of drug-likeness (QED) is 0.479. The zero-order valence-corrected chi connectivity index (χ0v) is 20.6. The highest BCUT2D eigenvalue weighted by molar-refractivity contribution is 6.04. The molecule has 4 heterocycles. The summed E-state index contributed by atoms with van der Waals surface area (Å²) in [6, 6.07) is 15.7. The second-order valence-electron chi connectivity index (χ2n) is 10.2. The standard InChI is InChI=1S/C27H30N8O2/c36-26-24-25(35(18-6-7-18)27(37)32-26)31-23(34(24)16-17-4-2-1-3-5-17)15-22-29-20-9-8-19(14-21(20)30-22)33-12-10-28-11-13-33/h1-5,8-9,14,18,24-25,28H,6-7,10-13,15-16H2,(H,29,30)(H,32,36,37). The Morgan fingerprint density at radius 2 is 1.81 bits per heavy atom. The van der Waals surface area contributed by atoms with E-state index in [9.17, 15) is 9.59 Å². The van der Waals surface area contributed by atoms with Gasteiger partial charge in [0.1, 0.15) is 11.7 Å². The lowest BCUT2D eigenvalue weighted by Crippen LogP contribution is -2.65. The number of imidazole rings is 1. The minimum Gasteiger partial charge on any atom is -0.369 e. The Hall–Kier alpha value is -3.92. The highest BCUT2D eigenvalue weighted by Gasteiger charge is 2.53. The lowest BCUT2D eigenvalue weighted by atomic mass is 10.1. The summed E-state index contributed by atoms with van der Waals surface area (Å²) in [4.78, 5) is 45.4. The summed E-state index contributed by atoms with van der Waals surface area (Å²) < 4.78 is 0. The van der Waals surface area contributed by atoms with E-state index in [4.69, 9.17) is 9.98 Å². The Morgan fingerprint density at radius 1 is 1.00 bits per heavy atom. The molecule has 190 valence electrons. The van der Waals surface area contributed by atoms with Gasteiger partial charge in [0, 0.05) is 44.5 Å². The number of imide groups is 1. The number of nitrogens with one attached hydrogen (secondary N) is 3. The van der Waals surface area contributed by atoms with Crippen molar-refractivity contribution in [3.63, 3.8) is 0 Å². The fraction of sp³-hybridized carbons (Fsp3) is 0.407. The van der Waals surface area contributed by atoms with Gasteiger partial charge >= 0.3 is 6.03 Å². The number of H-pyrrole nitrogens is 1. The number of aromatic nitrogens is 2. The van der Waals surface area contributed by atoms with E-state index in [1.807, 2.05) is 30.3 Å². The first-order chi connectivity index (χ1) is 18.1. The first-order valence-electron chi connectivity index (χ1n) is 13.1. The van der Waals surface area contributed by atoms with Crippen LogP contribution < -0.4 is 15.5 Å². The third kappa shape index (κ3) is 4.11. The van der Waals surface area contributed by atoms with Crippen LogP contribution >= 0.6 is 0 Å². The number of hydrogen-bond donors (Lipinski definition) is 3. The van der Waals surface area contributed by atoms with Gasteiger partial charge in [0.15, 0.2) is 12.2 Å². The fourth-order valence-electron chi connectivity index (χ4n) is 5.73. The maximum Gasteiger partial charge on any atom is 0.326 e. The Labute approximate surface area is 214 Å². The number of urea groups is 1. The minimum atomic E-state index is -0.544. The number of nitrogens with zero attached hydrogens (tertiary/aromatic N) is 5. The van der Waals surface area contributed by atoms with Crippen LogP contribution in [0.25, 0.3) is 11.0 Å². The van der Waals surface area contributed by atoms with Crippen LogP contribution in [-0.2, 0) is 17.8 Å². The van der Waals surface area contributed by atoms with Crippen LogP contribution in [0.4, 0.5) is 10.5 Å². The number of aromatic amines is 1. The molecule has 2 saturated heterocycles. The van der Waals surface area contributed by atoms with Crippen molar-refractivity contribution in [3.8, 4) is 0 Å². The van der Waals surface area contributed by atoms with Gasteiger partial charge in [-0.3, -0.25) is 15.0 Å². The number of carbonyl (C=O) groups is 2. The molecule has 3 aliphatic heterocycles. The molecule has 1 saturated carbocycles. The van der Waals surface area contributed by atoms with E-state index < -0.39 is 12.2 Å². The van der Waals surface area contributed by atoms with Crippen LogP contribution in [0.2, 0.25) is 0 Å². The van der Waals surface area contributed by atoms with Crippen molar-refractivity contribution in [1.29, 1.82) is 0 Å². The molecule has 0 spiro atoms. The molecule has 2 atom stereocenters. The Morgan fingerprint density at radius 3 is 2.59 bits per heavy atom. The van der Waals surface area contributed by atoms with Crippen LogP contribution in [0.3, 0.4) is 0 Å². The van der Waals surface area contributed by atoms with Gasteiger partial charge in [0.25, 0.3) is 5.91 Å². The maximum absolute atomic E-state index is 13.1. The van der Waals surface area contributed by atoms with E-state index >= 15 is 0 Å². The zero-order chi connectivity index (χ0) is 24.9. The number of benzene rings is 2. The van der Waals surface area contributed by atoms with E-state index in [0.717, 1.165) is 67.3 Å². The average Bonchev–Trinajstić information content (AvgIpc) is 3.57. The second-order valence-corrected chi connectivity index (χ2v) is 10.2. The molecule has 2 unspecified atom stereocenters. The largest absolute Gasteiger partial charge is 0.369 e. The van der Waals surface area contributed by atoms with E-state index in [1.54, 1.807) is 4.90 Å². The summed E-state index contributed by atoms with van der Waals surface area (Å²) in [7, 11) is 0. The topological polar surface area (TPSA) is 109 Å². The molecule has 10 heteroatoms. The van der Waals surface area contributed by atoms with Crippen molar-refractivity contribution in [1.82, 2.24) is 30.4 Å². The van der Waals surface area contributed by atoms with Gasteiger partial charge in [-0.15, -0.1) is 0 Å². The molecular formula is C27H30N8O2. The fourth-order valence-corrected chi connectivity index (χ4v) is 5.73. The van der Waals surface area contributed by atoms with Gasteiger partial charge < -0.3 is 20.1 Å². The Bertz CT molecular complexity index is 1380. The molecule has 2 aromatic carbocycles. The molecular weight excluding hydrogens is 468 g/mol. The molecule has 0 radical (unpaired) electrons. The van der Waals surface area contributed by atoms with Crippen LogP contribution in [0, 0.1) is 0 Å². The van der Waals surface area contributed by atoms with E-state index in [2.05, 4.69) is 43.6 Å². The summed E-state index contributed by atoms with van der Waals surface area (Å²) in [6.07, 6.45) is 1.86.